The van der Waals surface area contributed by atoms with E-state index in [2.05, 4.69) is 4.90 Å². The Bertz CT molecular complexity index is 453. The lowest BCUT2D eigenvalue weighted by Crippen LogP contribution is -2.39. The van der Waals surface area contributed by atoms with Gasteiger partial charge in [0.05, 0.1) is 0 Å². The van der Waals surface area contributed by atoms with Crippen LogP contribution in [0.5, 0.6) is 0 Å². The molecule has 0 bridgehead atoms. The quantitative estimate of drug-likeness (QED) is 0.892. The fourth-order valence-corrected chi connectivity index (χ4v) is 4.30. The van der Waals surface area contributed by atoms with Crippen LogP contribution >= 0.6 is 0 Å². The molecule has 2 unspecified atom stereocenters. The average molecular weight is 304 g/mol. The Morgan fingerprint density at radius 1 is 1.09 bits per heavy atom. The maximum absolute atomic E-state index is 13.0. The Kier molecular flexibility index (Phi) is 5.48. The Hall–Kier alpha value is -0.930. The molecular formula is C19H29FN2. The van der Waals surface area contributed by atoms with Crippen LogP contribution in [0.3, 0.4) is 0 Å². The Labute approximate surface area is 133 Å². The van der Waals surface area contributed by atoms with Crippen molar-refractivity contribution in [3.63, 3.8) is 0 Å². The summed E-state index contributed by atoms with van der Waals surface area (Å²) in [6.45, 7) is 3.25. The lowest BCUT2D eigenvalue weighted by Gasteiger charge is -2.35. The summed E-state index contributed by atoms with van der Waals surface area (Å²) in [5.41, 5.74) is 7.67. The van der Waals surface area contributed by atoms with E-state index in [0.29, 0.717) is 6.04 Å². The van der Waals surface area contributed by atoms with Gasteiger partial charge in [-0.3, -0.25) is 4.90 Å². The molecule has 1 aromatic carbocycles. The zero-order valence-corrected chi connectivity index (χ0v) is 13.5. The van der Waals surface area contributed by atoms with Crippen molar-refractivity contribution >= 4 is 0 Å². The maximum atomic E-state index is 13.0. The number of rotatable bonds is 5. The highest BCUT2D eigenvalue weighted by Gasteiger charge is 2.27. The molecule has 2 N–H and O–H groups in total. The molecule has 2 nitrogen and oxygen atoms in total. The predicted octanol–water partition coefficient (Wildman–Crippen LogP) is 3.95. The molecule has 2 atom stereocenters. The second-order valence-corrected chi connectivity index (χ2v) is 7.31. The van der Waals surface area contributed by atoms with Crippen LogP contribution in [0.2, 0.25) is 0 Å². The van der Waals surface area contributed by atoms with Gasteiger partial charge in [-0.05, 0) is 68.2 Å². The van der Waals surface area contributed by atoms with Crippen LogP contribution in [0, 0.1) is 17.7 Å². The largest absolute Gasteiger partial charge is 0.327 e. The molecule has 0 amide bonds. The monoisotopic (exact) mass is 304 g/mol. The summed E-state index contributed by atoms with van der Waals surface area (Å²) >= 11 is 0. The van der Waals surface area contributed by atoms with E-state index in [1.165, 1.54) is 50.5 Å². The molecule has 1 saturated carbocycles. The zero-order valence-electron chi connectivity index (χ0n) is 13.5. The van der Waals surface area contributed by atoms with Crippen LogP contribution in [0.4, 0.5) is 4.39 Å². The third-order valence-electron chi connectivity index (χ3n) is 5.53. The van der Waals surface area contributed by atoms with Gasteiger partial charge in [-0.25, -0.2) is 4.39 Å². The molecule has 0 aromatic heterocycles. The minimum Gasteiger partial charge on any atom is -0.327 e. The number of hydrogen-bond acceptors (Lipinski definition) is 2. The van der Waals surface area contributed by atoms with E-state index in [0.717, 1.165) is 31.5 Å². The summed E-state index contributed by atoms with van der Waals surface area (Å²) in [4.78, 5) is 2.52. The number of likely N-dealkylation sites (tertiary alicyclic amines) is 1. The van der Waals surface area contributed by atoms with Crippen LogP contribution in [-0.4, -0.2) is 24.0 Å². The minimum absolute atomic E-state index is 0.150. The van der Waals surface area contributed by atoms with Gasteiger partial charge in [0.2, 0.25) is 0 Å². The second-order valence-electron chi connectivity index (χ2n) is 7.31. The van der Waals surface area contributed by atoms with E-state index in [-0.39, 0.29) is 5.82 Å². The Morgan fingerprint density at radius 2 is 1.82 bits per heavy atom. The van der Waals surface area contributed by atoms with Gasteiger partial charge in [0.15, 0.2) is 0 Å². The van der Waals surface area contributed by atoms with Gasteiger partial charge in [-0.2, -0.15) is 0 Å². The first-order valence-electron chi connectivity index (χ1n) is 8.93. The predicted molar refractivity (Wildman–Crippen MR) is 89.0 cm³/mol. The van der Waals surface area contributed by atoms with Gasteiger partial charge >= 0.3 is 0 Å². The van der Waals surface area contributed by atoms with Gasteiger partial charge in [-0.15, -0.1) is 0 Å². The minimum atomic E-state index is -0.150. The first-order chi connectivity index (χ1) is 10.7. The van der Waals surface area contributed by atoms with E-state index < -0.39 is 0 Å². The molecule has 1 heterocycles. The van der Waals surface area contributed by atoms with Gasteiger partial charge in [-0.1, -0.05) is 25.0 Å². The number of piperidine rings is 1. The molecule has 22 heavy (non-hydrogen) atoms. The molecule has 2 aliphatic rings. The van der Waals surface area contributed by atoms with Crippen LogP contribution in [0.15, 0.2) is 24.3 Å². The zero-order chi connectivity index (χ0) is 15.4. The molecule has 0 radical (unpaired) electrons. The van der Waals surface area contributed by atoms with Gasteiger partial charge in [0, 0.05) is 19.1 Å². The Balaban J connectivity index is 1.49. The van der Waals surface area contributed by atoms with E-state index in [1.807, 2.05) is 12.1 Å². The van der Waals surface area contributed by atoms with Crippen molar-refractivity contribution in [3.05, 3.63) is 35.6 Å². The number of hydrogen-bond donors (Lipinski definition) is 1. The topological polar surface area (TPSA) is 29.3 Å². The van der Waals surface area contributed by atoms with E-state index in [4.69, 9.17) is 5.73 Å². The van der Waals surface area contributed by atoms with Crippen molar-refractivity contribution < 1.29 is 4.39 Å². The fourth-order valence-electron chi connectivity index (χ4n) is 4.30. The highest BCUT2D eigenvalue weighted by Crippen LogP contribution is 2.31. The van der Waals surface area contributed by atoms with Crippen molar-refractivity contribution in [1.29, 1.82) is 0 Å². The van der Waals surface area contributed by atoms with Crippen LogP contribution in [0.1, 0.15) is 50.5 Å². The highest BCUT2D eigenvalue weighted by molar-refractivity contribution is 5.16. The molecule has 2 fully saturated rings. The summed E-state index contributed by atoms with van der Waals surface area (Å²) in [6.07, 6.45) is 9.20. The molecule has 1 aromatic rings. The van der Waals surface area contributed by atoms with Gasteiger partial charge in [0.25, 0.3) is 0 Å². The average Bonchev–Trinajstić information content (AvgIpc) is 3.04. The molecule has 0 spiro atoms. The number of nitrogens with zero attached hydrogens (tertiary/aromatic N) is 1. The molecule has 3 heteroatoms. The van der Waals surface area contributed by atoms with Gasteiger partial charge in [0.1, 0.15) is 5.82 Å². The standard InChI is InChI=1S/C19H29FN2/c20-18-9-7-15(8-10-18)13-22-11-3-4-16(14-22)12-19(21)17-5-1-2-6-17/h7-10,16-17,19H,1-6,11-14,21H2. The maximum Gasteiger partial charge on any atom is 0.123 e. The first-order valence-corrected chi connectivity index (χ1v) is 8.93. The highest BCUT2D eigenvalue weighted by atomic mass is 19.1. The molecule has 1 aliphatic heterocycles. The molecule has 3 rings (SSSR count). The van der Waals surface area contributed by atoms with Crippen LogP contribution < -0.4 is 5.73 Å². The van der Waals surface area contributed by atoms with Crippen molar-refractivity contribution in [2.75, 3.05) is 13.1 Å². The van der Waals surface area contributed by atoms with Crippen molar-refractivity contribution in [2.24, 2.45) is 17.6 Å². The van der Waals surface area contributed by atoms with Gasteiger partial charge < -0.3 is 5.73 Å². The third kappa shape index (κ3) is 4.30. The third-order valence-corrected chi connectivity index (χ3v) is 5.53. The summed E-state index contributed by atoms with van der Waals surface area (Å²) < 4.78 is 13.0. The van der Waals surface area contributed by atoms with Crippen LogP contribution in [0.25, 0.3) is 0 Å². The first kappa shape index (κ1) is 15.9. The second kappa shape index (κ2) is 7.56. The van der Waals surface area contributed by atoms with E-state index in [1.54, 1.807) is 12.1 Å². The fraction of sp³-hybridized carbons (Fsp3) is 0.684. The smallest absolute Gasteiger partial charge is 0.123 e. The van der Waals surface area contributed by atoms with Crippen molar-refractivity contribution in [1.82, 2.24) is 4.90 Å². The number of benzene rings is 1. The summed E-state index contributed by atoms with van der Waals surface area (Å²) in [7, 11) is 0. The van der Waals surface area contributed by atoms with E-state index >= 15 is 0 Å². The molecule has 122 valence electrons. The molecular weight excluding hydrogens is 275 g/mol. The Morgan fingerprint density at radius 3 is 2.55 bits per heavy atom. The summed E-state index contributed by atoms with van der Waals surface area (Å²) in [5, 5.41) is 0. The lowest BCUT2D eigenvalue weighted by molar-refractivity contribution is 0.150. The summed E-state index contributed by atoms with van der Waals surface area (Å²) in [5.74, 6) is 1.36. The van der Waals surface area contributed by atoms with Crippen LogP contribution in [-0.2, 0) is 6.54 Å². The number of nitrogens with two attached hydrogens (primary N) is 1. The normalized spacial score (nSPS) is 25.5. The van der Waals surface area contributed by atoms with E-state index in [9.17, 15) is 4.39 Å². The number of halogens is 1. The lowest BCUT2D eigenvalue weighted by atomic mass is 9.86. The van der Waals surface area contributed by atoms with Crippen molar-refractivity contribution in [3.8, 4) is 0 Å². The van der Waals surface area contributed by atoms with Crippen molar-refractivity contribution in [2.45, 2.75) is 57.5 Å². The molecule has 1 saturated heterocycles. The SMILES string of the molecule is NC(CC1CCCN(Cc2ccc(F)cc2)C1)C1CCCC1. The molecule has 1 aliphatic carbocycles. The summed E-state index contributed by atoms with van der Waals surface area (Å²) in [6, 6.07) is 7.34.